The number of carboxylic acids is 1. The van der Waals surface area contributed by atoms with Gasteiger partial charge < -0.3 is 19.5 Å². The Bertz CT molecular complexity index is 664. The van der Waals surface area contributed by atoms with E-state index in [9.17, 15) is 14.7 Å². The molecule has 0 saturated carbocycles. The second kappa shape index (κ2) is 9.60. The number of nitrogens with zero attached hydrogens (tertiary/aromatic N) is 1. The first-order valence-corrected chi connectivity index (χ1v) is 9.40. The number of amides is 1. The molecule has 0 aliphatic carbocycles. The maximum Gasteiger partial charge on any atom is 0.320 e. The van der Waals surface area contributed by atoms with Crippen molar-refractivity contribution in [2.75, 3.05) is 27.3 Å². The molecular weight excluding hydrogens is 348 g/mol. The van der Waals surface area contributed by atoms with Crippen molar-refractivity contribution in [3.05, 3.63) is 23.8 Å². The third-order valence-corrected chi connectivity index (χ3v) is 5.32. The Balaban J connectivity index is 2.14. The van der Waals surface area contributed by atoms with Crippen LogP contribution in [0.15, 0.2) is 18.2 Å². The van der Waals surface area contributed by atoms with Crippen molar-refractivity contribution in [1.82, 2.24) is 10.2 Å². The van der Waals surface area contributed by atoms with Gasteiger partial charge in [-0.3, -0.25) is 14.9 Å². The van der Waals surface area contributed by atoms with Crippen LogP contribution in [-0.2, 0) is 9.59 Å². The maximum atomic E-state index is 12.8. The molecule has 1 heterocycles. The first kappa shape index (κ1) is 21.0. The Morgan fingerprint density at radius 2 is 2.07 bits per heavy atom. The van der Waals surface area contributed by atoms with Gasteiger partial charge in [-0.15, -0.1) is 0 Å². The molecule has 1 aliphatic rings. The highest BCUT2D eigenvalue weighted by molar-refractivity contribution is 5.81. The van der Waals surface area contributed by atoms with Gasteiger partial charge in [0.2, 0.25) is 5.91 Å². The van der Waals surface area contributed by atoms with Crippen LogP contribution in [0.5, 0.6) is 11.5 Å². The van der Waals surface area contributed by atoms with Crippen molar-refractivity contribution >= 4 is 11.9 Å². The number of hydrogen-bond acceptors (Lipinski definition) is 5. The largest absolute Gasteiger partial charge is 0.497 e. The summed E-state index contributed by atoms with van der Waals surface area (Å²) < 4.78 is 10.8. The molecule has 1 aromatic carbocycles. The van der Waals surface area contributed by atoms with Crippen molar-refractivity contribution in [3.8, 4) is 11.5 Å². The summed E-state index contributed by atoms with van der Waals surface area (Å²) in [7, 11) is 3.21. The smallest absolute Gasteiger partial charge is 0.320 e. The molecule has 1 aliphatic heterocycles. The number of likely N-dealkylation sites (tertiary alicyclic amines) is 1. The van der Waals surface area contributed by atoms with Crippen LogP contribution < -0.4 is 14.8 Å². The summed E-state index contributed by atoms with van der Waals surface area (Å²) in [6, 6.07) is 4.75. The SMILES string of the molecule is CC[C@H](C)[C@H](NCC(=O)N1CCCC1c1cc(OC)ccc1OC)C(=O)O. The molecule has 3 atom stereocenters. The molecule has 0 radical (unpaired) electrons. The van der Waals surface area contributed by atoms with E-state index in [1.165, 1.54) is 0 Å². The lowest BCUT2D eigenvalue weighted by molar-refractivity contribution is -0.141. The van der Waals surface area contributed by atoms with E-state index in [0.29, 0.717) is 12.3 Å². The number of carbonyl (C=O) groups excluding carboxylic acids is 1. The number of benzene rings is 1. The molecule has 2 N–H and O–H groups in total. The zero-order chi connectivity index (χ0) is 20.0. The number of carbonyl (C=O) groups is 2. The van der Waals surface area contributed by atoms with E-state index < -0.39 is 12.0 Å². The number of methoxy groups -OCH3 is 2. The van der Waals surface area contributed by atoms with Crippen molar-refractivity contribution in [2.24, 2.45) is 5.92 Å². The Morgan fingerprint density at radius 3 is 2.67 bits per heavy atom. The molecule has 7 nitrogen and oxygen atoms in total. The number of nitrogens with one attached hydrogen (secondary N) is 1. The molecule has 7 heteroatoms. The van der Waals surface area contributed by atoms with Gasteiger partial charge in [-0.2, -0.15) is 0 Å². The average Bonchev–Trinajstić information content (AvgIpc) is 3.16. The molecule has 2 rings (SSSR count). The molecule has 0 bridgehead atoms. The van der Waals surface area contributed by atoms with Crippen LogP contribution in [0.2, 0.25) is 0 Å². The molecule has 150 valence electrons. The topological polar surface area (TPSA) is 88.1 Å². The fourth-order valence-electron chi connectivity index (χ4n) is 3.55. The maximum absolute atomic E-state index is 12.8. The van der Waals surface area contributed by atoms with E-state index in [0.717, 1.165) is 30.6 Å². The minimum Gasteiger partial charge on any atom is -0.497 e. The minimum atomic E-state index is -0.926. The molecule has 1 fully saturated rings. The molecule has 1 amide bonds. The van der Waals surface area contributed by atoms with Crippen LogP contribution in [0.4, 0.5) is 0 Å². The second-order valence-electron chi connectivity index (χ2n) is 6.94. The zero-order valence-corrected chi connectivity index (χ0v) is 16.5. The van der Waals surface area contributed by atoms with Gasteiger partial charge >= 0.3 is 5.97 Å². The highest BCUT2D eigenvalue weighted by Gasteiger charge is 2.33. The molecule has 0 spiro atoms. The van der Waals surface area contributed by atoms with Crippen LogP contribution in [0, 0.1) is 5.92 Å². The van der Waals surface area contributed by atoms with E-state index in [4.69, 9.17) is 9.47 Å². The average molecular weight is 378 g/mol. The number of rotatable bonds is 9. The highest BCUT2D eigenvalue weighted by Crippen LogP contribution is 2.38. The normalized spacial score (nSPS) is 18.8. The minimum absolute atomic E-state index is 0.00406. The van der Waals surface area contributed by atoms with Gasteiger partial charge in [0.05, 0.1) is 26.8 Å². The fourth-order valence-corrected chi connectivity index (χ4v) is 3.55. The lowest BCUT2D eigenvalue weighted by Crippen LogP contribution is -2.47. The Kier molecular flexibility index (Phi) is 7.47. The molecule has 1 aromatic rings. The fraction of sp³-hybridized carbons (Fsp3) is 0.600. The molecule has 27 heavy (non-hydrogen) atoms. The Labute approximate surface area is 160 Å². The summed E-state index contributed by atoms with van der Waals surface area (Å²) in [6.07, 6.45) is 2.46. The summed E-state index contributed by atoms with van der Waals surface area (Å²) in [4.78, 5) is 26.1. The van der Waals surface area contributed by atoms with Crippen LogP contribution in [0.3, 0.4) is 0 Å². The lowest BCUT2D eigenvalue weighted by Gasteiger charge is -2.28. The molecule has 1 saturated heterocycles. The predicted molar refractivity (Wildman–Crippen MR) is 102 cm³/mol. The van der Waals surface area contributed by atoms with Gasteiger partial charge in [-0.1, -0.05) is 20.3 Å². The van der Waals surface area contributed by atoms with E-state index in [2.05, 4.69) is 5.32 Å². The summed E-state index contributed by atoms with van der Waals surface area (Å²) >= 11 is 0. The van der Waals surface area contributed by atoms with Crippen LogP contribution in [0.25, 0.3) is 0 Å². The van der Waals surface area contributed by atoms with Crippen LogP contribution in [0.1, 0.15) is 44.7 Å². The summed E-state index contributed by atoms with van der Waals surface area (Å²) in [6.45, 7) is 4.46. The van der Waals surface area contributed by atoms with Crippen LogP contribution in [-0.4, -0.2) is 55.2 Å². The lowest BCUT2D eigenvalue weighted by atomic mass is 9.99. The Morgan fingerprint density at radius 1 is 1.33 bits per heavy atom. The second-order valence-corrected chi connectivity index (χ2v) is 6.94. The van der Waals surface area contributed by atoms with Gasteiger partial charge in [-0.05, 0) is 37.0 Å². The van der Waals surface area contributed by atoms with Gasteiger partial charge in [-0.25, -0.2) is 0 Å². The van der Waals surface area contributed by atoms with E-state index in [-0.39, 0.29) is 24.4 Å². The van der Waals surface area contributed by atoms with Crippen molar-refractivity contribution in [3.63, 3.8) is 0 Å². The van der Waals surface area contributed by atoms with Gasteiger partial charge in [0, 0.05) is 12.1 Å². The predicted octanol–water partition coefficient (Wildman–Crippen LogP) is 2.46. The molecular formula is C20H30N2O5. The van der Waals surface area contributed by atoms with Crippen LogP contribution >= 0.6 is 0 Å². The van der Waals surface area contributed by atoms with Gasteiger partial charge in [0.15, 0.2) is 0 Å². The zero-order valence-electron chi connectivity index (χ0n) is 16.5. The number of carboxylic acid groups (broad SMARTS) is 1. The number of aliphatic carboxylic acids is 1. The first-order valence-electron chi connectivity index (χ1n) is 9.40. The summed E-state index contributed by atoms with van der Waals surface area (Å²) in [5.41, 5.74) is 0.916. The molecule has 1 unspecified atom stereocenters. The third-order valence-electron chi connectivity index (χ3n) is 5.32. The number of hydrogen-bond donors (Lipinski definition) is 2. The molecule has 0 aromatic heterocycles. The van der Waals surface area contributed by atoms with Crippen molar-refractivity contribution in [1.29, 1.82) is 0 Å². The number of ether oxygens (including phenoxy) is 2. The summed E-state index contributed by atoms with van der Waals surface area (Å²) in [5, 5.41) is 12.3. The summed E-state index contributed by atoms with van der Waals surface area (Å²) in [5.74, 6) is 0.354. The first-order chi connectivity index (χ1) is 12.9. The van der Waals surface area contributed by atoms with E-state index in [1.54, 1.807) is 19.1 Å². The standard InChI is InChI=1S/C20H30N2O5/c1-5-13(2)19(20(24)25)21-12-18(23)22-10-6-7-16(22)15-11-14(26-3)8-9-17(15)27-4/h8-9,11,13,16,19,21H,5-7,10,12H2,1-4H3,(H,24,25)/t13-,16?,19-/m0/s1. The van der Waals surface area contributed by atoms with Crippen molar-refractivity contribution in [2.45, 2.75) is 45.2 Å². The van der Waals surface area contributed by atoms with Gasteiger partial charge in [0.1, 0.15) is 17.5 Å². The highest BCUT2D eigenvalue weighted by atomic mass is 16.5. The van der Waals surface area contributed by atoms with Gasteiger partial charge in [0.25, 0.3) is 0 Å². The van der Waals surface area contributed by atoms with Crippen molar-refractivity contribution < 1.29 is 24.2 Å². The monoisotopic (exact) mass is 378 g/mol. The van der Waals surface area contributed by atoms with E-state index in [1.807, 2.05) is 32.0 Å². The van der Waals surface area contributed by atoms with E-state index >= 15 is 0 Å². The quantitative estimate of drug-likeness (QED) is 0.686. The Hall–Kier alpha value is -2.28. The third kappa shape index (κ3) is 4.91.